The van der Waals surface area contributed by atoms with Crippen LogP contribution >= 0.6 is 0 Å². The molecule has 0 unspecified atom stereocenters. The van der Waals surface area contributed by atoms with Gasteiger partial charge in [-0.25, -0.2) is 0 Å². The molecular weight excluding hydrogens is 246 g/mol. The van der Waals surface area contributed by atoms with Crippen LogP contribution < -0.4 is 5.32 Å². The topological polar surface area (TPSA) is 99.2 Å². The second-order valence-electron chi connectivity index (χ2n) is 4.14. The lowest BCUT2D eigenvalue weighted by molar-refractivity contribution is -0.384. The Hall–Kier alpha value is -2.13. The van der Waals surface area contributed by atoms with Crippen LogP contribution in [-0.4, -0.2) is 23.2 Å². The number of aliphatic hydroxyl groups excluding tert-OH is 1. The zero-order chi connectivity index (χ0) is 14.1. The van der Waals surface area contributed by atoms with E-state index in [1.807, 2.05) is 6.07 Å². The number of nitro groups is 1. The van der Waals surface area contributed by atoms with Gasteiger partial charge in [0.2, 0.25) is 0 Å². The van der Waals surface area contributed by atoms with E-state index in [2.05, 4.69) is 5.32 Å². The molecule has 0 atom stereocenters. The van der Waals surface area contributed by atoms with Gasteiger partial charge in [-0.15, -0.1) is 0 Å². The Morgan fingerprint density at radius 2 is 2.05 bits per heavy atom. The molecule has 1 rings (SSSR count). The predicted octanol–water partition coefficient (Wildman–Crippen LogP) is 2.43. The summed E-state index contributed by atoms with van der Waals surface area (Å²) >= 11 is 0. The minimum atomic E-state index is -0.535. The zero-order valence-corrected chi connectivity index (χ0v) is 10.6. The van der Waals surface area contributed by atoms with Crippen LogP contribution in [0.2, 0.25) is 0 Å². The third-order valence-electron chi connectivity index (χ3n) is 2.74. The van der Waals surface area contributed by atoms with E-state index in [0.29, 0.717) is 12.2 Å². The Bertz CT molecular complexity index is 469. The molecule has 0 amide bonds. The molecule has 6 heteroatoms. The van der Waals surface area contributed by atoms with Gasteiger partial charge in [0.25, 0.3) is 0 Å². The molecule has 0 bridgehead atoms. The molecule has 0 aliphatic rings. The van der Waals surface area contributed by atoms with Crippen molar-refractivity contribution in [2.24, 2.45) is 0 Å². The number of nitro benzene ring substituents is 1. The summed E-state index contributed by atoms with van der Waals surface area (Å²) in [4.78, 5) is 10.4. The van der Waals surface area contributed by atoms with Crippen LogP contribution in [-0.2, 0) is 0 Å². The van der Waals surface area contributed by atoms with Crippen molar-refractivity contribution < 1.29 is 10.0 Å². The first-order valence-electron chi connectivity index (χ1n) is 6.23. The molecule has 0 saturated carbocycles. The number of nitrogens with zero attached hydrogens (tertiary/aromatic N) is 2. The van der Waals surface area contributed by atoms with Crippen LogP contribution in [0.25, 0.3) is 0 Å². The Kier molecular flexibility index (Phi) is 6.33. The zero-order valence-electron chi connectivity index (χ0n) is 10.6. The van der Waals surface area contributed by atoms with Crippen molar-refractivity contribution in [3.63, 3.8) is 0 Å². The fourth-order valence-electron chi connectivity index (χ4n) is 1.79. The van der Waals surface area contributed by atoms with E-state index in [-0.39, 0.29) is 17.9 Å². The molecule has 0 heterocycles. The third kappa shape index (κ3) is 4.56. The molecule has 2 N–H and O–H groups in total. The lowest BCUT2D eigenvalue weighted by Gasteiger charge is -2.07. The number of rotatable bonds is 8. The number of hydrogen-bond acceptors (Lipinski definition) is 5. The minimum Gasteiger partial charge on any atom is -0.396 e. The highest BCUT2D eigenvalue weighted by Crippen LogP contribution is 2.27. The van der Waals surface area contributed by atoms with Gasteiger partial charge >= 0.3 is 5.69 Å². The largest absolute Gasteiger partial charge is 0.396 e. The summed E-state index contributed by atoms with van der Waals surface area (Å²) in [5.41, 5.74) is 0.279. The lowest BCUT2D eigenvalue weighted by atomic mass is 10.1. The summed E-state index contributed by atoms with van der Waals surface area (Å²) < 4.78 is 0. The molecule has 0 radical (unpaired) electrons. The predicted molar refractivity (Wildman–Crippen MR) is 71.9 cm³/mol. The second-order valence-corrected chi connectivity index (χ2v) is 4.14. The Labute approximate surface area is 111 Å². The van der Waals surface area contributed by atoms with E-state index in [1.165, 1.54) is 6.07 Å². The molecule has 19 heavy (non-hydrogen) atoms. The molecule has 0 fully saturated rings. The van der Waals surface area contributed by atoms with Gasteiger partial charge in [-0.2, -0.15) is 5.26 Å². The number of anilines is 1. The van der Waals surface area contributed by atoms with Crippen LogP contribution in [0, 0.1) is 21.4 Å². The van der Waals surface area contributed by atoms with Crippen molar-refractivity contribution in [3.05, 3.63) is 33.9 Å². The van der Waals surface area contributed by atoms with Gasteiger partial charge in [-0.05, 0) is 25.0 Å². The van der Waals surface area contributed by atoms with Crippen molar-refractivity contribution in [1.82, 2.24) is 0 Å². The minimum absolute atomic E-state index is 0.0651. The quantitative estimate of drug-likeness (QED) is 0.426. The molecule has 6 nitrogen and oxygen atoms in total. The lowest BCUT2D eigenvalue weighted by Crippen LogP contribution is -2.05. The van der Waals surface area contributed by atoms with E-state index < -0.39 is 4.92 Å². The number of para-hydroxylation sites is 1. The number of unbranched alkanes of at least 4 members (excludes halogenated alkanes) is 3. The van der Waals surface area contributed by atoms with E-state index in [1.54, 1.807) is 12.1 Å². The van der Waals surface area contributed by atoms with E-state index in [0.717, 1.165) is 25.7 Å². The van der Waals surface area contributed by atoms with Gasteiger partial charge in [0, 0.05) is 13.2 Å². The first-order chi connectivity index (χ1) is 9.20. The van der Waals surface area contributed by atoms with Gasteiger partial charge in [-0.3, -0.25) is 10.1 Å². The summed E-state index contributed by atoms with van der Waals surface area (Å²) in [7, 11) is 0. The average Bonchev–Trinajstić information content (AvgIpc) is 2.42. The van der Waals surface area contributed by atoms with Gasteiger partial charge < -0.3 is 10.4 Å². The van der Waals surface area contributed by atoms with E-state index in [9.17, 15) is 10.1 Å². The highest BCUT2D eigenvalue weighted by molar-refractivity contribution is 5.68. The molecule has 0 spiro atoms. The van der Waals surface area contributed by atoms with Crippen LogP contribution in [0.4, 0.5) is 11.4 Å². The molecule has 0 saturated heterocycles. The van der Waals surface area contributed by atoms with Crippen molar-refractivity contribution in [2.75, 3.05) is 18.5 Å². The smallest absolute Gasteiger partial charge is 0.309 e. The Morgan fingerprint density at radius 1 is 1.32 bits per heavy atom. The van der Waals surface area contributed by atoms with Gasteiger partial charge in [0.1, 0.15) is 17.3 Å². The fraction of sp³-hybridized carbons (Fsp3) is 0.462. The first-order valence-corrected chi connectivity index (χ1v) is 6.23. The molecule has 1 aromatic rings. The van der Waals surface area contributed by atoms with Gasteiger partial charge in [-0.1, -0.05) is 18.9 Å². The third-order valence-corrected chi connectivity index (χ3v) is 2.74. The molecule has 1 aromatic carbocycles. The standard InChI is InChI=1S/C13H17N3O3/c14-10-11-6-5-7-12(13(11)16(18)19)15-8-3-1-2-4-9-17/h5-7,15,17H,1-4,8-9H2. The number of nitriles is 1. The monoisotopic (exact) mass is 263 g/mol. The van der Waals surface area contributed by atoms with Crippen LogP contribution in [0.15, 0.2) is 18.2 Å². The average molecular weight is 263 g/mol. The number of benzene rings is 1. The van der Waals surface area contributed by atoms with Crippen molar-refractivity contribution in [1.29, 1.82) is 5.26 Å². The maximum absolute atomic E-state index is 11.0. The van der Waals surface area contributed by atoms with Crippen LogP contribution in [0.3, 0.4) is 0 Å². The van der Waals surface area contributed by atoms with E-state index in [4.69, 9.17) is 10.4 Å². The van der Waals surface area contributed by atoms with Crippen LogP contribution in [0.1, 0.15) is 31.2 Å². The Morgan fingerprint density at radius 3 is 2.68 bits per heavy atom. The second kappa shape index (κ2) is 8.06. The molecule has 0 aromatic heterocycles. The van der Waals surface area contributed by atoms with Crippen molar-refractivity contribution in [3.8, 4) is 6.07 Å². The summed E-state index contributed by atoms with van der Waals surface area (Å²) in [6, 6.07) is 6.49. The molecular formula is C13H17N3O3. The summed E-state index contributed by atoms with van der Waals surface area (Å²) in [6.45, 7) is 0.810. The first kappa shape index (κ1) is 14.9. The van der Waals surface area contributed by atoms with E-state index >= 15 is 0 Å². The fourth-order valence-corrected chi connectivity index (χ4v) is 1.79. The van der Waals surface area contributed by atoms with Crippen molar-refractivity contribution in [2.45, 2.75) is 25.7 Å². The van der Waals surface area contributed by atoms with Gasteiger partial charge in [0.15, 0.2) is 0 Å². The summed E-state index contributed by atoms with van der Waals surface area (Å²) in [5.74, 6) is 0. The summed E-state index contributed by atoms with van der Waals surface area (Å²) in [5, 5.41) is 31.4. The van der Waals surface area contributed by atoms with Gasteiger partial charge in [0.05, 0.1) is 4.92 Å². The Balaban J connectivity index is 2.59. The number of aliphatic hydroxyl groups is 1. The molecule has 0 aliphatic carbocycles. The maximum Gasteiger partial charge on any atom is 0.309 e. The SMILES string of the molecule is N#Cc1cccc(NCCCCCCO)c1[N+](=O)[O-]. The highest BCUT2D eigenvalue weighted by atomic mass is 16.6. The van der Waals surface area contributed by atoms with Crippen molar-refractivity contribution >= 4 is 11.4 Å². The number of nitrogens with one attached hydrogen (secondary N) is 1. The molecule has 0 aliphatic heterocycles. The molecule has 102 valence electrons. The highest BCUT2D eigenvalue weighted by Gasteiger charge is 2.18. The maximum atomic E-state index is 11.0. The number of hydrogen-bond donors (Lipinski definition) is 2. The normalized spacial score (nSPS) is 9.89. The summed E-state index contributed by atoms with van der Waals surface area (Å²) in [6.07, 6.45) is 3.55. The van der Waals surface area contributed by atoms with Crippen LogP contribution in [0.5, 0.6) is 0 Å².